The lowest BCUT2D eigenvalue weighted by atomic mass is 10.4. The second-order valence-corrected chi connectivity index (χ2v) is 4.27. The van der Waals surface area contributed by atoms with Crippen LogP contribution in [0.1, 0.15) is 19.0 Å². The van der Waals surface area contributed by atoms with E-state index in [0.29, 0.717) is 6.54 Å². The van der Waals surface area contributed by atoms with Crippen LogP contribution in [0.5, 0.6) is 0 Å². The van der Waals surface area contributed by atoms with Gasteiger partial charge in [0.25, 0.3) is 0 Å². The molecule has 0 spiro atoms. The molecule has 2 rings (SSSR count). The van der Waals surface area contributed by atoms with Gasteiger partial charge in [-0.05, 0) is 6.42 Å². The average Bonchev–Trinajstić information content (AvgIpc) is 2.87. The van der Waals surface area contributed by atoms with Crippen LogP contribution in [0.4, 0.5) is 11.6 Å². The van der Waals surface area contributed by atoms with Crippen LogP contribution in [0.15, 0.2) is 23.3 Å². The lowest BCUT2D eigenvalue weighted by molar-refractivity contribution is 0.961. The third-order valence-electron chi connectivity index (χ3n) is 2.12. The summed E-state index contributed by atoms with van der Waals surface area (Å²) in [7, 11) is 0. The molecular weight excluding hydrogens is 234 g/mol. The van der Waals surface area contributed by atoms with Crippen LogP contribution in [0.2, 0.25) is 0 Å². The van der Waals surface area contributed by atoms with Crippen molar-refractivity contribution in [3.05, 3.63) is 29.0 Å². The number of hydrogen-bond donors (Lipinski definition) is 2. The molecule has 5 nitrogen and oxygen atoms in total. The van der Waals surface area contributed by atoms with Gasteiger partial charge in [0.05, 0.1) is 30.1 Å². The summed E-state index contributed by atoms with van der Waals surface area (Å²) in [5, 5.41) is 8.41. The second-order valence-electron chi connectivity index (χ2n) is 3.55. The Kier molecular flexibility index (Phi) is 4.26. The zero-order valence-electron chi connectivity index (χ0n) is 9.68. The van der Waals surface area contributed by atoms with E-state index >= 15 is 0 Å². The van der Waals surface area contributed by atoms with Crippen molar-refractivity contribution in [1.29, 1.82) is 0 Å². The van der Waals surface area contributed by atoms with Gasteiger partial charge in [-0.1, -0.05) is 6.92 Å². The lowest BCUT2D eigenvalue weighted by Crippen LogP contribution is -2.06. The highest BCUT2D eigenvalue weighted by atomic mass is 32.1. The van der Waals surface area contributed by atoms with Crippen molar-refractivity contribution >= 4 is 23.0 Å². The summed E-state index contributed by atoms with van der Waals surface area (Å²) in [5.41, 5.74) is 2.84. The van der Waals surface area contributed by atoms with E-state index in [1.165, 1.54) is 0 Å². The van der Waals surface area contributed by atoms with E-state index < -0.39 is 0 Å². The minimum Gasteiger partial charge on any atom is -0.369 e. The van der Waals surface area contributed by atoms with Crippen molar-refractivity contribution < 1.29 is 0 Å². The molecule has 0 aliphatic heterocycles. The Balaban J connectivity index is 1.91. The predicted octanol–water partition coefficient (Wildman–Crippen LogP) is 2.37. The van der Waals surface area contributed by atoms with Gasteiger partial charge in [-0.3, -0.25) is 4.98 Å². The van der Waals surface area contributed by atoms with E-state index in [9.17, 15) is 0 Å². The van der Waals surface area contributed by atoms with Crippen LogP contribution in [0.3, 0.4) is 0 Å². The fraction of sp³-hybridized carbons (Fsp3) is 0.364. The number of nitrogens with zero attached hydrogens (tertiary/aromatic N) is 3. The van der Waals surface area contributed by atoms with E-state index in [1.54, 1.807) is 23.7 Å². The first-order valence-electron chi connectivity index (χ1n) is 5.55. The monoisotopic (exact) mass is 249 g/mol. The van der Waals surface area contributed by atoms with Crippen LogP contribution in [0.25, 0.3) is 0 Å². The van der Waals surface area contributed by atoms with Crippen molar-refractivity contribution in [2.75, 3.05) is 17.2 Å². The molecule has 0 bridgehead atoms. The summed E-state index contributed by atoms with van der Waals surface area (Å²) in [5.74, 6) is 1.56. The molecule has 17 heavy (non-hydrogen) atoms. The molecule has 2 aromatic rings. The smallest absolute Gasteiger partial charge is 0.147 e. The summed E-state index contributed by atoms with van der Waals surface area (Å²) in [4.78, 5) is 12.7. The molecule has 2 heterocycles. The van der Waals surface area contributed by atoms with Crippen LogP contribution < -0.4 is 10.6 Å². The molecule has 0 saturated heterocycles. The summed E-state index contributed by atoms with van der Waals surface area (Å²) in [6.45, 7) is 3.70. The molecule has 0 fully saturated rings. The van der Waals surface area contributed by atoms with E-state index in [1.807, 2.05) is 10.9 Å². The van der Waals surface area contributed by atoms with Crippen LogP contribution in [-0.4, -0.2) is 21.5 Å². The van der Waals surface area contributed by atoms with Gasteiger partial charge < -0.3 is 10.6 Å². The highest BCUT2D eigenvalue weighted by Crippen LogP contribution is 2.08. The number of anilines is 2. The maximum absolute atomic E-state index is 4.40. The molecule has 6 heteroatoms. The van der Waals surface area contributed by atoms with Gasteiger partial charge in [0.15, 0.2) is 0 Å². The van der Waals surface area contributed by atoms with Gasteiger partial charge in [0, 0.05) is 11.9 Å². The Hall–Kier alpha value is -1.69. The maximum atomic E-state index is 4.40. The van der Waals surface area contributed by atoms with Crippen molar-refractivity contribution in [2.45, 2.75) is 19.9 Å². The fourth-order valence-electron chi connectivity index (χ4n) is 1.30. The number of nitrogens with one attached hydrogen (secondary N) is 2. The zero-order valence-corrected chi connectivity index (χ0v) is 10.5. The highest BCUT2D eigenvalue weighted by molar-refractivity contribution is 7.07. The quantitative estimate of drug-likeness (QED) is 0.823. The number of thiazole rings is 1. The van der Waals surface area contributed by atoms with Crippen LogP contribution in [-0.2, 0) is 6.54 Å². The SMILES string of the molecule is CCCNc1cncc(NCc2cscn2)n1. The van der Waals surface area contributed by atoms with E-state index in [4.69, 9.17) is 0 Å². The Morgan fingerprint density at radius 3 is 2.76 bits per heavy atom. The molecule has 0 radical (unpaired) electrons. The zero-order chi connectivity index (χ0) is 11.9. The normalized spacial score (nSPS) is 10.2. The molecular formula is C11H15N5S. The highest BCUT2D eigenvalue weighted by Gasteiger charge is 1.99. The van der Waals surface area contributed by atoms with Crippen molar-refractivity contribution in [1.82, 2.24) is 15.0 Å². The largest absolute Gasteiger partial charge is 0.369 e. The molecule has 0 saturated carbocycles. The Morgan fingerprint density at radius 1 is 1.24 bits per heavy atom. The summed E-state index contributed by atoms with van der Waals surface area (Å²) >= 11 is 1.59. The van der Waals surface area contributed by atoms with Crippen LogP contribution in [0, 0.1) is 0 Å². The summed E-state index contributed by atoms with van der Waals surface area (Å²) in [6, 6.07) is 0. The second kappa shape index (κ2) is 6.15. The molecule has 0 unspecified atom stereocenters. The number of aromatic nitrogens is 3. The standard InChI is InChI=1S/C11H15N5S/c1-2-3-13-10-5-12-6-11(16-10)14-4-9-7-17-8-15-9/h5-8H,2-4H2,1H3,(H2,13,14,16). The number of rotatable bonds is 6. The summed E-state index contributed by atoms with van der Waals surface area (Å²) in [6.07, 6.45) is 4.51. The molecule has 0 amide bonds. The molecule has 90 valence electrons. The van der Waals surface area contributed by atoms with Gasteiger partial charge in [0.2, 0.25) is 0 Å². The molecule has 2 N–H and O–H groups in total. The Bertz CT molecular complexity index is 443. The van der Waals surface area contributed by atoms with Gasteiger partial charge >= 0.3 is 0 Å². The fourth-order valence-corrected chi connectivity index (χ4v) is 1.85. The third kappa shape index (κ3) is 3.67. The molecule has 0 aliphatic carbocycles. The average molecular weight is 249 g/mol. The van der Waals surface area contributed by atoms with E-state index in [0.717, 1.165) is 30.3 Å². The van der Waals surface area contributed by atoms with E-state index in [-0.39, 0.29) is 0 Å². The topological polar surface area (TPSA) is 62.7 Å². The molecule has 0 aromatic carbocycles. The first-order chi connectivity index (χ1) is 8.38. The molecule has 0 aliphatic rings. The van der Waals surface area contributed by atoms with Gasteiger partial charge in [0.1, 0.15) is 11.6 Å². The van der Waals surface area contributed by atoms with Crippen molar-refractivity contribution in [3.63, 3.8) is 0 Å². The van der Waals surface area contributed by atoms with Gasteiger partial charge in [-0.15, -0.1) is 11.3 Å². The Labute approximate surface area is 104 Å². The third-order valence-corrected chi connectivity index (χ3v) is 2.76. The van der Waals surface area contributed by atoms with Gasteiger partial charge in [-0.2, -0.15) is 0 Å². The minimum absolute atomic E-state index is 0.676. The van der Waals surface area contributed by atoms with Crippen molar-refractivity contribution in [3.8, 4) is 0 Å². The maximum Gasteiger partial charge on any atom is 0.147 e. The van der Waals surface area contributed by atoms with Crippen molar-refractivity contribution in [2.24, 2.45) is 0 Å². The number of hydrogen-bond acceptors (Lipinski definition) is 6. The first kappa shape index (κ1) is 11.8. The lowest BCUT2D eigenvalue weighted by Gasteiger charge is -2.06. The predicted molar refractivity (Wildman–Crippen MR) is 70.3 cm³/mol. The van der Waals surface area contributed by atoms with Gasteiger partial charge in [-0.25, -0.2) is 9.97 Å². The first-order valence-corrected chi connectivity index (χ1v) is 6.49. The van der Waals surface area contributed by atoms with Crippen LogP contribution >= 0.6 is 11.3 Å². The minimum atomic E-state index is 0.676. The molecule has 2 aromatic heterocycles. The molecule has 0 atom stereocenters. The van der Waals surface area contributed by atoms with E-state index in [2.05, 4.69) is 32.5 Å². The Morgan fingerprint density at radius 2 is 2.06 bits per heavy atom. The summed E-state index contributed by atoms with van der Waals surface area (Å²) < 4.78 is 0.